The van der Waals surface area contributed by atoms with Gasteiger partial charge in [0.25, 0.3) is 11.1 Å². The molecule has 9 atom stereocenters. The van der Waals surface area contributed by atoms with Gasteiger partial charge in [0.15, 0.2) is 12.5 Å². The van der Waals surface area contributed by atoms with Gasteiger partial charge in [-0.3, -0.25) is 52.3 Å². The summed E-state index contributed by atoms with van der Waals surface area (Å²) in [7, 11) is 6.86. The van der Waals surface area contributed by atoms with Gasteiger partial charge < -0.3 is 75.9 Å². The van der Waals surface area contributed by atoms with Gasteiger partial charge in [-0.05, 0) is 207 Å². The van der Waals surface area contributed by atoms with E-state index < -0.39 is 116 Å². The third kappa shape index (κ3) is 28.2. The third-order valence-electron chi connectivity index (χ3n) is 22.4. The van der Waals surface area contributed by atoms with Gasteiger partial charge in [-0.25, -0.2) is 9.59 Å². The van der Waals surface area contributed by atoms with E-state index in [-0.39, 0.29) is 82.3 Å². The molecule has 2 saturated heterocycles. The van der Waals surface area contributed by atoms with Crippen molar-refractivity contribution in [1.29, 1.82) is 10.5 Å². The molecule has 6 aromatic carbocycles. The van der Waals surface area contributed by atoms with Gasteiger partial charge >= 0.3 is 23.3 Å². The normalized spacial score (nSPS) is 17.9. The Labute approximate surface area is 784 Å². The zero-order valence-electron chi connectivity index (χ0n) is 81.4. The second kappa shape index (κ2) is 50.6. The molecule has 4 heterocycles. The van der Waals surface area contributed by atoms with Crippen LogP contribution in [0.5, 0.6) is 23.0 Å². The quantitative estimate of drug-likeness (QED) is 0.0138. The SMILES string of the molecule is CC(C)N(C(C)C)P(CC(=O)OC(C)(C)CC#N)N(C(C)C)C(C)C.COCCOC1C(O)[C@@H](COC(c2ccccc2)(c2ccc(OC)cc2)c2ccc(OC)cc2)O[C@H]1n1cc(C)c(=O)[nH]c1=O.COCCOC1C(OP(CC(=O)OC(C)(C)CC#N)N(C(C)C)C(C)C)[C@@H](COC(c2ccccc2)(c2ccc(OC)cc2)c2ccc(OC)cc2)O[C@H]1n1cc(C)c(=O)[nH]c1=O. The summed E-state index contributed by atoms with van der Waals surface area (Å²) in [6.07, 6.45) is -4.88. The summed E-state index contributed by atoms with van der Waals surface area (Å²) < 4.78 is 101. The number of rotatable bonds is 45. The predicted octanol–water partition coefficient (Wildman–Crippen LogP) is 14.8. The summed E-state index contributed by atoms with van der Waals surface area (Å²) in [5.41, 5.74) is -1.19. The fraction of sp³-hybridized carbons (Fsp3) is 0.520. The van der Waals surface area contributed by atoms with Crippen LogP contribution in [0.1, 0.15) is 181 Å². The number of carbonyl (C=O) groups excluding carboxylic acids is 2. The van der Waals surface area contributed by atoms with Crippen molar-refractivity contribution in [3.05, 3.63) is 256 Å². The van der Waals surface area contributed by atoms with Crippen molar-refractivity contribution in [3.8, 4) is 35.1 Å². The van der Waals surface area contributed by atoms with Gasteiger partial charge in [0, 0.05) is 74.0 Å². The van der Waals surface area contributed by atoms with Crippen LogP contribution < -0.4 is 41.4 Å². The van der Waals surface area contributed by atoms with E-state index in [0.29, 0.717) is 58.9 Å². The molecule has 0 amide bonds. The fourth-order valence-corrected chi connectivity index (χ4v) is 21.8. The van der Waals surface area contributed by atoms with E-state index >= 15 is 0 Å². The number of hydrogen-bond acceptors (Lipinski definition) is 27. The Morgan fingerprint density at radius 3 is 1.09 bits per heavy atom. The molecule has 133 heavy (non-hydrogen) atoms. The molecule has 31 nitrogen and oxygen atoms in total. The number of benzene rings is 6. The summed E-state index contributed by atoms with van der Waals surface area (Å²) in [5.74, 6) is 1.93. The maximum Gasteiger partial charge on any atom is 0.330 e. The van der Waals surface area contributed by atoms with Crippen LogP contribution >= 0.6 is 16.5 Å². The van der Waals surface area contributed by atoms with Crippen LogP contribution in [0.4, 0.5) is 0 Å². The zero-order valence-corrected chi connectivity index (χ0v) is 83.2. The Kier molecular flexibility index (Phi) is 41.3. The molecule has 5 unspecified atom stereocenters. The van der Waals surface area contributed by atoms with E-state index in [2.05, 4.69) is 91.5 Å². The summed E-state index contributed by atoms with van der Waals surface area (Å²) in [5, 5.41) is 29.9. The summed E-state index contributed by atoms with van der Waals surface area (Å²) >= 11 is 0. The molecular formula is C100H137N9O22P2. The molecular weight excluding hydrogens is 1740 g/mol. The maximum absolute atomic E-state index is 13.8. The smallest absolute Gasteiger partial charge is 0.330 e. The molecule has 2 aliphatic rings. The number of nitriles is 2. The predicted molar refractivity (Wildman–Crippen MR) is 511 cm³/mol. The lowest BCUT2D eigenvalue weighted by Gasteiger charge is -2.47. The van der Waals surface area contributed by atoms with Gasteiger partial charge in [-0.2, -0.15) is 10.5 Å². The number of ether oxygens (including phenoxy) is 14. The number of H-pyrrole nitrogens is 2. The highest BCUT2D eigenvalue weighted by Gasteiger charge is 2.53. The van der Waals surface area contributed by atoms with Gasteiger partial charge in [0.2, 0.25) is 0 Å². The van der Waals surface area contributed by atoms with Crippen LogP contribution in [0.25, 0.3) is 0 Å². The minimum Gasteiger partial charge on any atom is -0.497 e. The first-order valence-electron chi connectivity index (χ1n) is 44.8. The Morgan fingerprint density at radius 2 is 0.759 bits per heavy atom. The van der Waals surface area contributed by atoms with Crippen LogP contribution in [0.2, 0.25) is 0 Å². The average Bonchev–Trinajstić information content (AvgIpc) is 1.74. The molecule has 2 fully saturated rings. The number of aryl methyl sites for hydroxylation is 2. The molecule has 33 heteroatoms. The van der Waals surface area contributed by atoms with E-state index in [1.165, 1.54) is 28.6 Å². The minimum atomic E-state index is -1.82. The molecule has 2 aromatic heterocycles. The molecule has 3 N–H and O–H groups in total. The Morgan fingerprint density at radius 1 is 0.444 bits per heavy atom. The minimum absolute atomic E-state index is 0.00145. The molecule has 10 rings (SSSR count). The van der Waals surface area contributed by atoms with E-state index in [1.807, 2.05) is 185 Å². The van der Waals surface area contributed by atoms with Crippen LogP contribution in [-0.4, -0.2) is 229 Å². The molecule has 0 aliphatic carbocycles. The topological polar surface area (TPSA) is 360 Å². The van der Waals surface area contributed by atoms with E-state index in [4.69, 9.17) is 76.1 Å². The number of esters is 2. The second-order valence-corrected chi connectivity index (χ2v) is 39.0. The first-order valence-corrected chi connectivity index (χ1v) is 47.6. The highest BCUT2D eigenvalue weighted by Crippen LogP contribution is 2.53. The number of methoxy groups -OCH3 is 6. The summed E-state index contributed by atoms with van der Waals surface area (Å²) in [6, 6.07) is 55.4. The molecule has 0 radical (unpaired) electrons. The highest BCUT2D eigenvalue weighted by atomic mass is 31.2. The largest absolute Gasteiger partial charge is 0.497 e. The van der Waals surface area contributed by atoms with Crippen LogP contribution in [0.3, 0.4) is 0 Å². The second-order valence-electron chi connectivity index (χ2n) is 35.3. The number of nitrogens with zero attached hydrogens (tertiary/aromatic N) is 7. The summed E-state index contributed by atoms with van der Waals surface area (Å²) in [4.78, 5) is 82.4. The standard InChI is InChI=1S/C47H61N4O11P.C34H38N2O9.C19H38N3O2P/c1-31(2)51(32(3)4)63(30-40(52)61-46(6,7)24-25-48)62-41-39(60-44(42(41)58-27-26-55-8)50-28-33(5)43(53)49-45(50)54)29-59-47(34-14-12-11-13-15-34,35-16-20-37(56-9)21-17-35)36-18-22-38(57-10)23-19-36;1-22-20-36(33(39)35-31(22)38)32-30(43-19-18-40-2)29(37)28(45-32)21-44-34(23-8-6-5-7-9-23,24-10-14-26(41-3)15-11-24)25-12-16-27(42-4)17-13-25;1-14(2)21(15(3)4)25(22(16(5)6)17(7)8)13-18(23)24-19(9,10)11-12-20/h11-23,28,31-32,39,41-42,44H,24,26-27,29-30H2,1-10H3,(H,49,53,54);5-17,20,28-30,32,37H,18-19,21H2,1-4H3,(H,35,38,39);14-17H,11,13H2,1-10H3/t39-,41?,42?,44-,63?;28-,29?,30?,32-;/m11./s1. The van der Waals surface area contributed by atoms with Crippen molar-refractivity contribution in [2.75, 3.05) is 94.6 Å². The van der Waals surface area contributed by atoms with Crippen molar-refractivity contribution in [2.24, 2.45) is 0 Å². The first kappa shape index (κ1) is 108. The van der Waals surface area contributed by atoms with Crippen molar-refractivity contribution in [3.63, 3.8) is 0 Å². The number of aromatic nitrogens is 4. The molecule has 0 bridgehead atoms. The number of aliphatic hydroxyl groups excluding tert-OH is 1. The van der Waals surface area contributed by atoms with E-state index in [0.717, 1.165) is 33.4 Å². The fourth-order valence-electron chi connectivity index (χ4n) is 16.6. The first-order chi connectivity index (χ1) is 63.2. The van der Waals surface area contributed by atoms with Gasteiger partial charge in [-0.1, -0.05) is 109 Å². The maximum atomic E-state index is 13.8. The number of aromatic amines is 2. The Hall–Kier alpha value is -9.86. The van der Waals surface area contributed by atoms with E-state index in [9.17, 15) is 39.1 Å². The van der Waals surface area contributed by atoms with Gasteiger partial charge in [0.1, 0.15) is 96.5 Å². The highest BCUT2D eigenvalue weighted by molar-refractivity contribution is 7.53. The number of nitrogens with one attached hydrogen (secondary N) is 2. The van der Waals surface area contributed by atoms with Gasteiger partial charge in [-0.15, -0.1) is 0 Å². The van der Waals surface area contributed by atoms with Crippen molar-refractivity contribution < 1.29 is 85.5 Å². The molecule has 0 saturated carbocycles. The van der Waals surface area contributed by atoms with Crippen molar-refractivity contribution >= 4 is 28.5 Å². The summed E-state index contributed by atoms with van der Waals surface area (Å²) in [6.45, 7) is 36.2. The molecule has 724 valence electrons. The van der Waals surface area contributed by atoms with Crippen LogP contribution in [0.15, 0.2) is 189 Å². The molecule has 8 aromatic rings. The molecule has 0 spiro atoms. The monoisotopic (exact) mass is 1880 g/mol. The Balaban J connectivity index is 0.000000270. The lowest BCUT2D eigenvalue weighted by atomic mass is 9.80. The van der Waals surface area contributed by atoms with Gasteiger partial charge in [0.05, 0.1) is 107 Å². The van der Waals surface area contributed by atoms with Crippen molar-refractivity contribution in [1.82, 2.24) is 33.1 Å². The number of aliphatic hydroxyl groups is 1. The van der Waals surface area contributed by atoms with E-state index in [1.54, 1.807) is 77.1 Å². The average molecular weight is 1880 g/mol. The number of carbonyl (C=O) groups is 2. The van der Waals surface area contributed by atoms with Crippen molar-refractivity contribution in [2.45, 2.75) is 245 Å². The van der Waals surface area contributed by atoms with Crippen LogP contribution in [0, 0.1) is 36.5 Å². The zero-order chi connectivity index (χ0) is 97.8. The third-order valence-corrected chi connectivity index (χ3v) is 28.4. The molecule has 2 aliphatic heterocycles. The lowest BCUT2D eigenvalue weighted by Crippen LogP contribution is -2.45. The number of hydrogen-bond donors (Lipinski definition) is 3. The van der Waals surface area contributed by atoms with Crippen LogP contribution in [-0.2, 0) is 72.7 Å². The lowest BCUT2D eigenvalue weighted by molar-refractivity contribution is -0.154. The Bertz CT molecular complexity index is 5140.